The van der Waals surface area contributed by atoms with Gasteiger partial charge in [-0.25, -0.2) is 0 Å². The maximum Gasteiger partial charge on any atom is 0.317 e. The molecule has 0 bridgehead atoms. The van der Waals surface area contributed by atoms with Gasteiger partial charge >= 0.3 is 5.97 Å². The molecule has 4 heteroatoms. The molecule has 1 aromatic carbocycles. The van der Waals surface area contributed by atoms with E-state index in [9.17, 15) is 9.90 Å². The molecule has 0 spiro atoms. The first kappa shape index (κ1) is 12.1. The van der Waals surface area contributed by atoms with E-state index in [2.05, 4.69) is 4.98 Å². The van der Waals surface area contributed by atoms with Crippen LogP contribution in [0.25, 0.3) is 0 Å². The van der Waals surface area contributed by atoms with E-state index in [1.165, 1.54) is 0 Å². The number of hydrogen-bond acceptors (Lipinski definition) is 3. The number of pyridine rings is 1. The van der Waals surface area contributed by atoms with Crippen LogP contribution < -0.4 is 4.74 Å². The summed E-state index contributed by atoms with van der Waals surface area (Å²) < 4.78 is 5.05. The highest BCUT2D eigenvalue weighted by atomic mass is 16.5. The lowest BCUT2D eigenvalue weighted by Crippen LogP contribution is -2.14. The number of carboxylic acid groups (broad SMARTS) is 1. The fourth-order valence-electron chi connectivity index (χ4n) is 1.78. The molecule has 18 heavy (non-hydrogen) atoms. The number of aromatic nitrogens is 1. The van der Waals surface area contributed by atoms with Gasteiger partial charge in [-0.05, 0) is 29.8 Å². The third-order valence-corrected chi connectivity index (χ3v) is 2.68. The first-order chi connectivity index (χ1) is 8.72. The van der Waals surface area contributed by atoms with Crippen molar-refractivity contribution in [1.29, 1.82) is 0 Å². The molecule has 92 valence electrons. The van der Waals surface area contributed by atoms with E-state index in [4.69, 9.17) is 4.74 Å². The van der Waals surface area contributed by atoms with Gasteiger partial charge in [-0.3, -0.25) is 9.78 Å². The van der Waals surface area contributed by atoms with Crippen molar-refractivity contribution in [3.8, 4) is 5.75 Å². The van der Waals surface area contributed by atoms with Gasteiger partial charge in [0.25, 0.3) is 0 Å². The van der Waals surface area contributed by atoms with Gasteiger partial charge in [0.2, 0.25) is 0 Å². The molecule has 0 radical (unpaired) electrons. The lowest BCUT2D eigenvalue weighted by molar-refractivity contribution is -0.137. The zero-order valence-corrected chi connectivity index (χ0v) is 9.91. The molecule has 1 heterocycles. The van der Waals surface area contributed by atoms with Gasteiger partial charge in [0.15, 0.2) is 0 Å². The van der Waals surface area contributed by atoms with Gasteiger partial charge in [-0.2, -0.15) is 0 Å². The number of benzene rings is 1. The Kier molecular flexibility index (Phi) is 3.57. The number of carbonyl (C=O) groups is 1. The molecule has 1 unspecified atom stereocenters. The van der Waals surface area contributed by atoms with Crippen LogP contribution in [0.5, 0.6) is 5.75 Å². The summed E-state index contributed by atoms with van der Waals surface area (Å²) in [6.45, 7) is 0. The number of methoxy groups -OCH3 is 1. The average Bonchev–Trinajstić information content (AvgIpc) is 2.40. The van der Waals surface area contributed by atoms with Crippen molar-refractivity contribution >= 4 is 5.97 Å². The van der Waals surface area contributed by atoms with Crippen molar-refractivity contribution in [3.63, 3.8) is 0 Å². The van der Waals surface area contributed by atoms with Crippen molar-refractivity contribution in [1.82, 2.24) is 4.98 Å². The van der Waals surface area contributed by atoms with Gasteiger partial charge in [0.1, 0.15) is 11.7 Å². The zero-order valence-electron chi connectivity index (χ0n) is 9.91. The molecule has 0 saturated carbocycles. The highest BCUT2D eigenvalue weighted by Crippen LogP contribution is 2.25. The van der Waals surface area contributed by atoms with E-state index in [-0.39, 0.29) is 0 Å². The van der Waals surface area contributed by atoms with Gasteiger partial charge < -0.3 is 9.84 Å². The first-order valence-corrected chi connectivity index (χ1v) is 5.50. The van der Waals surface area contributed by atoms with Crippen molar-refractivity contribution in [2.75, 3.05) is 7.11 Å². The van der Waals surface area contributed by atoms with Gasteiger partial charge in [-0.15, -0.1) is 0 Å². The quantitative estimate of drug-likeness (QED) is 0.895. The Morgan fingerprint density at radius 2 is 1.94 bits per heavy atom. The number of rotatable bonds is 4. The predicted molar refractivity (Wildman–Crippen MR) is 66.7 cm³/mol. The second kappa shape index (κ2) is 5.31. The molecule has 1 N–H and O–H groups in total. The van der Waals surface area contributed by atoms with Crippen molar-refractivity contribution in [3.05, 3.63) is 59.9 Å². The molecule has 0 aliphatic rings. The fraction of sp³-hybridized carbons (Fsp3) is 0.143. The van der Waals surface area contributed by atoms with Crippen molar-refractivity contribution in [2.24, 2.45) is 0 Å². The van der Waals surface area contributed by atoms with E-state index >= 15 is 0 Å². The Balaban J connectivity index is 2.39. The van der Waals surface area contributed by atoms with Crippen LogP contribution >= 0.6 is 0 Å². The Labute approximate surface area is 105 Å². The predicted octanol–water partition coefficient (Wildman–Crippen LogP) is 2.31. The number of carboxylic acids is 1. The normalized spacial score (nSPS) is 11.8. The third kappa shape index (κ3) is 2.48. The van der Waals surface area contributed by atoms with Crippen LogP contribution in [0.2, 0.25) is 0 Å². The molecular weight excluding hydrogens is 230 g/mol. The molecule has 4 nitrogen and oxygen atoms in total. The molecule has 1 atom stereocenters. The van der Waals surface area contributed by atoms with Crippen molar-refractivity contribution < 1.29 is 14.6 Å². The topological polar surface area (TPSA) is 59.4 Å². The Hall–Kier alpha value is -2.36. The molecule has 1 aromatic heterocycles. The van der Waals surface area contributed by atoms with Crippen LogP contribution in [-0.4, -0.2) is 23.2 Å². The van der Waals surface area contributed by atoms with E-state index < -0.39 is 11.9 Å². The summed E-state index contributed by atoms with van der Waals surface area (Å²) in [7, 11) is 1.57. The van der Waals surface area contributed by atoms with Crippen LogP contribution in [-0.2, 0) is 4.79 Å². The summed E-state index contributed by atoms with van der Waals surface area (Å²) in [5, 5.41) is 9.34. The maximum absolute atomic E-state index is 11.4. The second-order valence-electron chi connectivity index (χ2n) is 3.80. The maximum atomic E-state index is 11.4. The van der Waals surface area contributed by atoms with E-state index in [0.717, 1.165) is 0 Å². The fourth-order valence-corrected chi connectivity index (χ4v) is 1.78. The zero-order chi connectivity index (χ0) is 13.0. The summed E-state index contributed by atoms with van der Waals surface area (Å²) >= 11 is 0. The van der Waals surface area contributed by atoms with Crippen molar-refractivity contribution in [2.45, 2.75) is 5.92 Å². The lowest BCUT2D eigenvalue weighted by atomic mass is 9.95. The SMILES string of the molecule is COc1ccc(C(C(=O)O)c2ccccn2)cc1. The minimum atomic E-state index is -0.918. The van der Waals surface area contributed by atoms with E-state index in [1.54, 1.807) is 55.8 Å². The second-order valence-corrected chi connectivity index (χ2v) is 3.80. The summed E-state index contributed by atoms with van der Waals surface area (Å²) in [4.78, 5) is 15.5. The van der Waals surface area contributed by atoms with E-state index in [0.29, 0.717) is 17.0 Å². The van der Waals surface area contributed by atoms with Gasteiger partial charge in [-0.1, -0.05) is 18.2 Å². The molecule has 2 rings (SSSR count). The number of aliphatic carboxylic acids is 1. The van der Waals surface area contributed by atoms with Crippen LogP contribution in [0.3, 0.4) is 0 Å². The molecule has 0 amide bonds. The number of hydrogen-bond donors (Lipinski definition) is 1. The molecule has 0 aliphatic carbocycles. The minimum absolute atomic E-state index is 0.523. The van der Waals surface area contributed by atoms with Crippen LogP contribution in [0.15, 0.2) is 48.7 Å². The summed E-state index contributed by atoms with van der Waals surface area (Å²) in [6, 6.07) is 12.2. The highest BCUT2D eigenvalue weighted by molar-refractivity contribution is 5.79. The molecule has 2 aromatic rings. The summed E-state index contributed by atoms with van der Waals surface area (Å²) in [5.41, 5.74) is 1.21. The number of ether oxygens (including phenoxy) is 1. The molecule has 0 fully saturated rings. The average molecular weight is 243 g/mol. The van der Waals surface area contributed by atoms with E-state index in [1.807, 2.05) is 0 Å². The largest absolute Gasteiger partial charge is 0.497 e. The van der Waals surface area contributed by atoms with Gasteiger partial charge in [0, 0.05) is 6.20 Å². The van der Waals surface area contributed by atoms with Gasteiger partial charge in [0.05, 0.1) is 12.8 Å². The monoisotopic (exact) mass is 243 g/mol. The molecular formula is C14H13NO3. The standard InChI is InChI=1S/C14H13NO3/c1-18-11-7-5-10(6-8-11)13(14(16)17)12-4-2-3-9-15-12/h2-9,13H,1H3,(H,16,17). The third-order valence-electron chi connectivity index (χ3n) is 2.68. The summed E-state index contributed by atoms with van der Waals surface area (Å²) in [5.74, 6) is -0.972. The highest BCUT2D eigenvalue weighted by Gasteiger charge is 2.23. The molecule has 0 aliphatic heterocycles. The van der Waals surface area contributed by atoms with Crippen LogP contribution in [0, 0.1) is 0 Å². The number of nitrogens with zero attached hydrogens (tertiary/aromatic N) is 1. The Morgan fingerprint density at radius 3 is 2.44 bits per heavy atom. The van der Waals surface area contributed by atoms with Crippen LogP contribution in [0.1, 0.15) is 17.2 Å². The first-order valence-electron chi connectivity index (χ1n) is 5.50. The summed E-state index contributed by atoms with van der Waals surface area (Å²) in [6.07, 6.45) is 1.59. The smallest absolute Gasteiger partial charge is 0.317 e. The Bertz CT molecular complexity index is 522. The minimum Gasteiger partial charge on any atom is -0.497 e. The van der Waals surface area contributed by atoms with Crippen LogP contribution in [0.4, 0.5) is 0 Å². The molecule has 0 saturated heterocycles. The lowest BCUT2D eigenvalue weighted by Gasteiger charge is -2.12. The Morgan fingerprint density at radius 1 is 1.22 bits per heavy atom.